The Labute approximate surface area is 78.6 Å². The zero-order chi connectivity index (χ0) is 9.40. The maximum Gasteiger partial charge on any atom is 0.223 e. The largest absolute Gasteiger partial charge is 0.342 e. The average Bonchev–Trinajstić information content (AvgIpc) is 2.07. The minimum Gasteiger partial charge on any atom is -0.342 e. The Morgan fingerprint density at radius 1 is 0.833 bits per heavy atom. The second-order valence-electron chi connectivity index (χ2n) is 3.45. The SMILES string of the molecule is CCCB(CCC)N(CC)CC. The van der Waals surface area contributed by atoms with Crippen LogP contribution in [-0.2, 0) is 0 Å². The summed E-state index contributed by atoms with van der Waals surface area (Å²) in [4.78, 5) is 2.59. The van der Waals surface area contributed by atoms with Gasteiger partial charge < -0.3 is 4.81 Å². The van der Waals surface area contributed by atoms with Crippen molar-refractivity contribution >= 4 is 6.85 Å². The maximum atomic E-state index is 2.59. The predicted octanol–water partition coefficient (Wildman–Crippen LogP) is 3.14. The number of hydrogen-bond donors (Lipinski definition) is 0. The van der Waals surface area contributed by atoms with Gasteiger partial charge in [-0.15, -0.1) is 0 Å². The summed E-state index contributed by atoms with van der Waals surface area (Å²) in [6.45, 7) is 12.4. The van der Waals surface area contributed by atoms with E-state index in [1.807, 2.05) is 0 Å². The third-order valence-electron chi connectivity index (χ3n) is 2.57. The molecule has 0 heterocycles. The molecule has 0 aromatic heterocycles. The summed E-state index contributed by atoms with van der Waals surface area (Å²) in [5.41, 5.74) is 0. The van der Waals surface area contributed by atoms with E-state index in [1.54, 1.807) is 0 Å². The maximum absolute atomic E-state index is 2.59. The molecule has 0 N–H and O–H groups in total. The van der Waals surface area contributed by atoms with E-state index in [4.69, 9.17) is 0 Å². The molecule has 2 heteroatoms. The molecule has 0 spiro atoms. The van der Waals surface area contributed by atoms with Crippen LogP contribution in [0, 0.1) is 0 Å². The van der Waals surface area contributed by atoms with Crippen molar-refractivity contribution in [1.29, 1.82) is 0 Å². The smallest absolute Gasteiger partial charge is 0.223 e. The van der Waals surface area contributed by atoms with Gasteiger partial charge in [0.15, 0.2) is 0 Å². The molecule has 0 fully saturated rings. The molecule has 0 unspecified atom stereocenters. The number of nitrogens with zero attached hydrogens (tertiary/aromatic N) is 1. The topological polar surface area (TPSA) is 3.24 Å². The Hall–Kier alpha value is 0.0249. The van der Waals surface area contributed by atoms with E-state index >= 15 is 0 Å². The van der Waals surface area contributed by atoms with Gasteiger partial charge in [0.2, 0.25) is 6.85 Å². The van der Waals surface area contributed by atoms with Crippen LogP contribution in [0.3, 0.4) is 0 Å². The van der Waals surface area contributed by atoms with Crippen LogP contribution in [0.2, 0.25) is 12.6 Å². The van der Waals surface area contributed by atoms with E-state index in [-0.39, 0.29) is 0 Å². The summed E-state index contributed by atoms with van der Waals surface area (Å²) in [7, 11) is 0. The van der Waals surface area contributed by atoms with Crippen LogP contribution in [-0.4, -0.2) is 24.7 Å². The first kappa shape index (κ1) is 12.0. The van der Waals surface area contributed by atoms with Crippen molar-refractivity contribution in [2.75, 3.05) is 13.1 Å². The van der Waals surface area contributed by atoms with E-state index in [0.29, 0.717) is 0 Å². The molecule has 0 aliphatic carbocycles. The first-order valence-electron chi connectivity index (χ1n) is 5.54. The van der Waals surface area contributed by atoms with Crippen molar-refractivity contribution in [1.82, 2.24) is 4.81 Å². The first-order chi connectivity index (χ1) is 5.79. The van der Waals surface area contributed by atoms with Gasteiger partial charge in [-0.25, -0.2) is 0 Å². The van der Waals surface area contributed by atoms with Crippen LogP contribution in [0.4, 0.5) is 0 Å². The molecule has 72 valence electrons. The third kappa shape index (κ3) is 4.15. The minimum absolute atomic E-state index is 0.843. The van der Waals surface area contributed by atoms with Gasteiger partial charge in [-0.2, -0.15) is 0 Å². The number of hydrogen-bond acceptors (Lipinski definition) is 1. The molecule has 0 saturated heterocycles. The quantitative estimate of drug-likeness (QED) is 0.529. The lowest BCUT2D eigenvalue weighted by Gasteiger charge is -2.26. The van der Waals surface area contributed by atoms with Crippen molar-refractivity contribution < 1.29 is 0 Å². The van der Waals surface area contributed by atoms with Crippen LogP contribution in [0.5, 0.6) is 0 Å². The van der Waals surface area contributed by atoms with E-state index in [2.05, 4.69) is 32.5 Å². The van der Waals surface area contributed by atoms with Crippen LogP contribution in [0.15, 0.2) is 0 Å². The molecule has 0 aliphatic rings. The fourth-order valence-electron chi connectivity index (χ4n) is 1.92. The zero-order valence-corrected chi connectivity index (χ0v) is 9.27. The molecule has 0 aliphatic heterocycles. The normalized spacial score (nSPS) is 10.8. The highest BCUT2D eigenvalue weighted by atomic mass is 15.0. The van der Waals surface area contributed by atoms with Crippen LogP contribution >= 0.6 is 0 Å². The van der Waals surface area contributed by atoms with E-state index in [9.17, 15) is 0 Å². The Kier molecular flexibility index (Phi) is 7.68. The zero-order valence-electron chi connectivity index (χ0n) is 9.27. The van der Waals surface area contributed by atoms with Crippen molar-refractivity contribution in [3.05, 3.63) is 0 Å². The lowest BCUT2D eigenvalue weighted by atomic mass is 9.53. The molecule has 0 rings (SSSR count). The fraction of sp³-hybridized carbons (Fsp3) is 1.00. The highest BCUT2D eigenvalue weighted by molar-refractivity contribution is 6.55. The Bertz CT molecular complexity index is 85.8. The average molecular weight is 169 g/mol. The van der Waals surface area contributed by atoms with Crippen LogP contribution < -0.4 is 0 Å². The molecular formula is C10H24BN. The van der Waals surface area contributed by atoms with Gasteiger partial charge in [0.1, 0.15) is 0 Å². The van der Waals surface area contributed by atoms with Crippen molar-refractivity contribution in [2.45, 2.75) is 53.2 Å². The first-order valence-corrected chi connectivity index (χ1v) is 5.54. The van der Waals surface area contributed by atoms with Gasteiger partial charge >= 0.3 is 0 Å². The summed E-state index contributed by atoms with van der Waals surface area (Å²) >= 11 is 0. The molecule has 12 heavy (non-hydrogen) atoms. The van der Waals surface area contributed by atoms with Gasteiger partial charge in [-0.3, -0.25) is 0 Å². The summed E-state index contributed by atoms with van der Waals surface area (Å²) in [6, 6.07) is 0. The lowest BCUT2D eigenvalue weighted by Crippen LogP contribution is -2.38. The predicted molar refractivity (Wildman–Crippen MR) is 58.9 cm³/mol. The standard InChI is InChI=1S/C10H24BN/c1-5-9-11(10-6-2)12(7-3)8-4/h5-10H2,1-4H3. The molecule has 0 bridgehead atoms. The van der Waals surface area contributed by atoms with Crippen molar-refractivity contribution in [3.8, 4) is 0 Å². The molecule has 0 amide bonds. The van der Waals surface area contributed by atoms with E-state index in [1.165, 1.54) is 38.6 Å². The van der Waals surface area contributed by atoms with Gasteiger partial charge in [-0.05, 0) is 13.1 Å². The van der Waals surface area contributed by atoms with E-state index in [0.717, 1.165) is 6.85 Å². The van der Waals surface area contributed by atoms with E-state index < -0.39 is 0 Å². The van der Waals surface area contributed by atoms with Crippen LogP contribution in [0.1, 0.15) is 40.5 Å². The second-order valence-corrected chi connectivity index (χ2v) is 3.45. The molecule has 0 radical (unpaired) electrons. The highest BCUT2D eigenvalue weighted by Gasteiger charge is 2.17. The highest BCUT2D eigenvalue weighted by Crippen LogP contribution is 2.10. The molecule has 0 aromatic rings. The molecule has 0 saturated carbocycles. The summed E-state index contributed by atoms with van der Waals surface area (Å²) < 4.78 is 0. The van der Waals surface area contributed by atoms with Gasteiger partial charge in [-0.1, -0.05) is 53.2 Å². The summed E-state index contributed by atoms with van der Waals surface area (Å²) in [5.74, 6) is 0. The minimum atomic E-state index is 0.843. The Morgan fingerprint density at radius 3 is 1.50 bits per heavy atom. The van der Waals surface area contributed by atoms with Crippen LogP contribution in [0.25, 0.3) is 0 Å². The Morgan fingerprint density at radius 2 is 1.25 bits per heavy atom. The lowest BCUT2D eigenvalue weighted by molar-refractivity contribution is 0.473. The Balaban J connectivity index is 3.86. The van der Waals surface area contributed by atoms with Gasteiger partial charge in [0, 0.05) is 0 Å². The second kappa shape index (κ2) is 7.66. The summed E-state index contributed by atoms with van der Waals surface area (Å²) in [6.07, 6.45) is 5.38. The number of rotatable bonds is 7. The fourth-order valence-corrected chi connectivity index (χ4v) is 1.92. The van der Waals surface area contributed by atoms with Gasteiger partial charge in [0.25, 0.3) is 0 Å². The monoisotopic (exact) mass is 169 g/mol. The molecule has 0 atom stereocenters. The van der Waals surface area contributed by atoms with Crippen molar-refractivity contribution in [2.24, 2.45) is 0 Å². The summed E-state index contributed by atoms with van der Waals surface area (Å²) in [5, 5.41) is 0. The van der Waals surface area contributed by atoms with Crippen molar-refractivity contribution in [3.63, 3.8) is 0 Å². The molecule has 0 aromatic carbocycles. The molecular weight excluding hydrogens is 145 g/mol. The third-order valence-corrected chi connectivity index (χ3v) is 2.57. The molecule has 1 nitrogen and oxygen atoms in total. The van der Waals surface area contributed by atoms with Gasteiger partial charge in [0.05, 0.1) is 0 Å².